The maximum Gasteiger partial charge on any atom is 0.228 e. The molecule has 0 unspecified atom stereocenters. The number of hydrogen-bond acceptors (Lipinski definition) is 8. The van der Waals surface area contributed by atoms with Crippen molar-refractivity contribution in [2.45, 2.75) is 73.6 Å². The second-order valence-corrected chi connectivity index (χ2v) is 10.5. The van der Waals surface area contributed by atoms with E-state index < -0.39 is 11.6 Å². The molecule has 11 heteroatoms. The molecule has 6 rings (SSSR count). The summed E-state index contributed by atoms with van der Waals surface area (Å²) in [4.78, 5) is 20.7. The Hall–Kier alpha value is -3.57. The molecular weight excluding hydrogens is 540 g/mol. The summed E-state index contributed by atoms with van der Waals surface area (Å²) >= 11 is 0. The molecule has 42 heavy (non-hydrogen) atoms. The molecule has 226 valence electrons. The maximum atomic E-state index is 14.9. The van der Waals surface area contributed by atoms with Crippen molar-refractivity contribution in [2.75, 3.05) is 31.2 Å². The quantitative estimate of drug-likeness (QED) is 0.274. The van der Waals surface area contributed by atoms with Crippen molar-refractivity contribution in [3.8, 4) is 11.3 Å². The van der Waals surface area contributed by atoms with Crippen molar-refractivity contribution in [1.82, 2.24) is 29.7 Å². The van der Waals surface area contributed by atoms with E-state index in [9.17, 15) is 8.78 Å². The molecule has 0 N–H and O–H groups in total. The van der Waals surface area contributed by atoms with Crippen molar-refractivity contribution >= 4 is 17.1 Å². The molecule has 9 nitrogen and oxygen atoms in total. The Labute approximate surface area is 246 Å². The minimum Gasteiger partial charge on any atom is -0.381 e. The summed E-state index contributed by atoms with van der Waals surface area (Å²) < 4.78 is 42.0. The monoisotopic (exact) mass is 581 g/mol. The van der Waals surface area contributed by atoms with Crippen LogP contribution in [0, 0.1) is 31.4 Å². The van der Waals surface area contributed by atoms with Gasteiger partial charge in [-0.3, -0.25) is 4.68 Å². The maximum absolute atomic E-state index is 14.9. The van der Waals surface area contributed by atoms with E-state index in [2.05, 4.69) is 28.9 Å². The third-order valence-electron chi connectivity index (χ3n) is 6.84. The molecule has 0 amide bonds. The summed E-state index contributed by atoms with van der Waals surface area (Å²) in [5.41, 5.74) is 3.53. The summed E-state index contributed by atoms with van der Waals surface area (Å²) in [6.07, 6.45) is 4.74. The highest BCUT2D eigenvalue weighted by Crippen LogP contribution is 2.32. The summed E-state index contributed by atoms with van der Waals surface area (Å²) in [5, 5.41) is 4.51. The molecule has 0 radical (unpaired) electrons. The first-order chi connectivity index (χ1) is 20.2. The fourth-order valence-electron chi connectivity index (χ4n) is 4.71. The van der Waals surface area contributed by atoms with Crippen LogP contribution in [0.25, 0.3) is 22.4 Å². The van der Waals surface area contributed by atoms with E-state index in [-0.39, 0.29) is 23.5 Å². The Bertz CT molecular complexity index is 1490. The minimum absolute atomic E-state index is 0.113. The number of fused-ring (bicyclic) bond motifs is 1. The second-order valence-electron chi connectivity index (χ2n) is 10.5. The SMILES string of the molecule is CC.CCC.Cc1nc2nc(N3C[C@@H](C)O[C@@H](c4cnn(CC5COC5)c4)C3)nc(-c3ccc(F)cc3F)c2nc1C. The Morgan fingerprint density at radius 3 is 2.36 bits per heavy atom. The smallest absolute Gasteiger partial charge is 0.228 e. The predicted molar refractivity (Wildman–Crippen MR) is 159 cm³/mol. The number of anilines is 1. The van der Waals surface area contributed by atoms with Crippen LogP contribution in [0.4, 0.5) is 14.7 Å². The van der Waals surface area contributed by atoms with Gasteiger partial charge in [-0.1, -0.05) is 34.1 Å². The average Bonchev–Trinajstić information content (AvgIpc) is 3.41. The van der Waals surface area contributed by atoms with E-state index in [4.69, 9.17) is 19.4 Å². The predicted octanol–water partition coefficient (Wildman–Crippen LogP) is 6.23. The van der Waals surface area contributed by atoms with Gasteiger partial charge in [0, 0.05) is 42.4 Å². The number of nitrogens with zero attached hydrogens (tertiary/aromatic N) is 7. The standard InChI is InChI=1S/C26H27F2N7O2.C3H8.C2H6/c1-14-8-34(11-22(37-14)18-7-29-35(10-18)9-17-12-36-13-17)26-32-23(20-5-4-19(27)6-21(20)28)24-25(33-26)31-16(3)15(2)30-24;1-3-2;1-2/h4-7,10,14,17,22H,8-9,11-13H2,1-3H3;3H2,1-2H3;1-2H3/t14-,22-;;/m1../s1. The lowest BCUT2D eigenvalue weighted by atomic mass is 10.1. The normalized spacial score (nSPS) is 18.5. The Balaban J connectivity index is 0.000000763. The summed E-state index contributed by atoms with van der Waals surface area (Å²) in [5.74, 6) is -0.500. The van der Waals surface area contributed by atoms with Crippen LogP contribution in [-0.2, 0) is 16.0 Å². The lowest BCUT2D eigenvalue weighted by Crippen LogP contribution is -2.43. The van der Waals surface area contributed by atoms with Crippen LogP contribution in [0.2, 0.25) is 0 Å². The molecule has 4 aromatic rings. The molecule has 2 saturated heterocycles. The van der Waals surface area contributed by atoms with Gasteiger partial charge in [0.2, 0.25) is 5.95 Å². The van der Waals surface area contributed by atoms with Crippen LogP contribution in [0.1, 0.15) is 64.1 Å². The number of aryl methyl sites for hydroxylation is 2. The van der Waals surface area contributed by atoms with Crippen molar-refractivity contribution < 1.29 is 18.3 Å². The summed E-state index contributed by atoms with van der Waals surface area (Å²) in [7, 11) is 0. The molecule has 0 bridgehead atoms. The van der Waals surface area contributed by atoms with Gasteiger partial charge in [-0.15, -0.1) is 0 Å². The molecule has 1 aromatic carbocycles. The van der Waals surface area contributed by atoms with E-state index in [1.54, 1.807) is 0 Å². The zero-order valence-electron chi connectivity index (χ0n) is 25.6. The molecule has 0 aliphatic carbocycles. The number of halogens is 2. The van der Waals surface area contributed by atoms with Crippen LogP contribution in [0.15, 0.2) is 30.6 Å². The number of ether oxygens (including phenoxy) is 2. The van der Waals surface area contributed by atoms with E-state index in [0.717, 1.165) is 37.1 Å². The van der Waals surface area contributed by atoms with Crippen LogP contribution in [-0.4, -0.2) is 62.1 Å². The van der Waals surface area contributed by atoms with E-state index in [1.165, 1.54) is 18.6 Å². The van der Waals surface area contributed by atoms with Crippen molar-refractivity contribution in [1.29, 1.82) is 0 Å². The van der Waals surface area contributed by atoms with Gasteiger partial charge in [0.25, 0.3) is 0 Å². The topological polar surface area (TPSA) is 91.1 Å². The van der Waals surface area contributed by atoms with Gasteiger partial charge in [-0.2, -0.15) is 10.1 Å². The summed E-state index contributed by atoms with van der Waals surface area (Å²) in [6, 6.07) is 3.43. The molecule has 2 aliphatic heterocycles. The highest BCUT2D eigenvalue weighted by molar-refractivity contribution is 5.88. The van der Waals surface area contributed by atoms with Gasteiger partial charge in [0.05, 0.1) is 43.4 Å². The third kappa shape index (κ3) is 7.07. The molecule has 2 atom stereocenters. The Morgan fingerprint density at radius 1 is 0.976 bits per heavy atom. The molecule has 2 fully saturated rings. The average molecular weight is 582 g/mol. The molecule has 5 heterocycles. The van der Waals surface area contributed by atoms with Crippen LogP contribution < -0.4 is 4.90 Å². The molecule has 0 spiro atoms. The Morgan fingerprint density at radius 2 is 1.69 bits per heavy atom. The first kappa shape index (κ1) is 31.4. The number of aromatic nitrogens is 6. The fourth-order valence-corrected chi connectivity index (χ4v) is 4.71. The van der Waals surface area contributed by atoms with Gasteiger partial charge in [-0.25, -0.2) is 23.7 Å². The number of rotatable bonds is 5. The lowest BCUT2D eigenvalue weighted by molar-refractivity contribution is -0.0409. The van der Waals surface area contributed by atoms with E-state index in [1.807, 2.05) is 56.6 Å². The summed E-state index contributed by atoms with van der Waals surface area (Å²) in [6.45, 7) is 17.3. The van der Waals surface area contributed by atoms with Crippen LogP contribution in [0.3, 0.4) is 0 Å². The van der Waals surface area contributed by atoms with Crippen LogP contribution >= 0.6 is 0 Å². The highest BCUT2D eigenvalue weighted by atomic mass is 19.1. The van der Waals surface area contributed by atoms with Gasteiger partial charge in [0.1, 0.15) is 28.9 Å². The zero-order valence-corrected chi connectivity index (χ0v) is 25.6. The van der Waals surface area contributed by atoms with Crippen molar-refractivity contribution in [2.24, 2.45) is 5.92 Å². The molecule has 2 aliphatic rings. The van der Waals surface area contributed by atoms with Gasteiger partial charge in [-0.05, 0) is 32.9 Å². The largest absolute Gasteiger partial charge is 0.381 e. The Kier molecular flexibility index (Phi) is 10.5. The molecule has 0 saturated carbocycles. The fraction of sp³-hybridized carbons (Fsp3) is 0.516. The zero-order chi connectivity index (χ0) is 30.4. The van der Waals surface area contributed by atoms with E-state index >= 15 is 0 Å². The van der Waals surface area contributed by atoms with E-state index in [0.29, 0.717) is 41.8 Å². The van der Waals surface area contributed by atoms with Gasteiger partial charge >= 0.3 is 0 Å². The first-order valence-electron chi connectivity index (χ1n) is 14.7. The third-order valence-corrected chi connectivity index (χ3v) is 6.84. The molecule has 3 aromatic heterocycles. The lowest BCUT2D eigenvalue weighted by Gasteiger charge is -2.36. The van der Waals surface area contributed by atoms with Gasteiger partial charge in [0.15, 0.2) is 5.65 Å². The van der Waals surface area contributed by atoms with Crippen molar-refractivity contribution in [3.63, 3.8) is 0 Å². The number of morpholine rings is 1. The first-order valence-corrected chi connectivity index (χ1v) is 14.7. The van der Waals surface area contributed by atoms with Crippen LogP contribution in [0.5, 0.6) is 0 Å². The number of benzene rings is 1. The minimum atomic E-state index is -0.719. The highest BCUT2D eigenvalue weighted by Gasteiger charge is 2.31. The van der Waals surface area contributed by atoms with Crippen molar-refractivity contribution in [3.05, 3.63) is 59.2 Å². The van der Waals surface area contributed by atoms with Gasteiger partial charge < -0.3 is 14.4 Å². The second kappa shape index (κ2) is 14.1. The number of hydrogen-bond donors (Lipinski definition) is 0. The molecular formula is C31H41F2N7O2.